The molecule has 0 bridgehead atoms. The van der Waals surface area contributed by atoms with Gasteiger partial charge in [-0.05, 0) is 67.1 Å². The van der Waals surface area contributed by atoms with Crippen LogP contribution in [0.25, 0.3) is 6.08 Å². The Morgan fingerprint density at radius 3 is 2.58 bits per heavy atom. The summed E-state index contributed by atoms with van der Waals surface area (Å²) in [4.78, 5) is 39.1. The Labute approximate surface area is 224 Å². The summed E-state index contributed by atoms with van der Waals surface area (Å²) in [5.41, 5.74) is 3.42. The third-order valence-corrected chi connectivity index (χ3v) is 6.59. The zero-order valence-electron chi connectivity index (χ0n) is 20.9. The second kappa shape index (κ2) is 12.1. The number of aryl methyl sites for hydroxylation is 1. The molecule has 1 saturated heterocycles. The van der Waals surface area contributed by atoms with Crippen LogP contribution in [-0.2, 0) is 16.2 Å². The molecule has 0 spiro atoms. The number of thioether (sulfide) groups is 1. The van der Waals surface area contributed by atoms with Crippen LogP contribution in [0, 0.1) is 18.3 Å². The summed E-state index contributed by atoms with van der Waals surface area (Å²) in [6.07, 6.45) is 1.58. The molecule has 3 amide bonds. The minimum Gasteiger partial charge on any atom is -0.490 e. The summed E-state index contributed by atoms with van der Waals surface area (Å²) in [5, 5.41) is 11.5. The summed E-state index contributed by atoms with van der Waals surface area (Å²) >= 11 is 0.779. The highest BCUT2D eigenvalue weighted by Gasteiger charge is 2.36. The number of para-hydroxylation sites is 1. The number of anilines is 1. The fraction of sp³-hybridized carbons (Fsp3) is 0.172. The predicted molar refractivity (Wildman–Crippen MR) is 146 cm³/mol. The number of rotatable bonds is 9. The van der Waals surface area contributed by atoms with Gasteiger partial charge in [-0.25, -0.2) is 0 Å². The highest BCUT2D eigenvalue weighted by molar-refractivity contribution is 8.18. The molecular weight excluding hydrogens is 502 g/mol. The van der Waals surface area contributed by atoms with Crippen molar-refractivity contribution >= 4 is 40.6 Å². The average molecular weight is 528 g/mol. The van der Waals surface area contributed by atoms with Crippen LogP contribution in [0.3, 0.4) is 0 Å². The molecule has 0 atom stereocenters. The number of imide groups is 1. The first-order valence-corrected chi connectivity index (χ1v) is 12.7. The fourth-order valence-corrected chi connectivity index (χ4v) is 4.59. The van der Waals surface area contributed by atoms with Gasteiger partial charge in [0, 0.05) is 11.3 Å². The van der Waals surface area contributed by atoms with Crippen molar-refractivity contribution in [3.8, 4) is 17.6 Å². The van der Waals surface area contributed by atoms with E-state index in [2.05, 4.69) is 11.4 Å². The van der Waals surface area contributed by atoms with Crippen LogP contribution >= 0.6 is 11.8 Å². The van der Waals surface area contributed by atoms with Crippen molar-refractivity contribution in [2.75, 3.05) is 18.5 Å². The van der Waals surface area contributed by atoms with Crippen molar-refractivity contribution in [1.82, 2.24) is 4.90 Å². The lowest BCUT2D eigenvalue weighted by molar-refractivity contribution is -0.127. The van der Waals surface area contributed by atoms with Gasteiger partial charge in [0.2, 0.25) is 5.91 Å². The minimum absolute atomic E-state index is 0.187. The predicted octanol–water partition coefficient (Wildman–Crippen LogP) is 5.52. The number of nitrogens with zero attached hydrogens (tertiary/aromatic N) is 2. The standard InChI is InChI=1S/C29H25N3O5S/c1-3-36-25-14-20(12-13-24(25)37-18-22-10-6-5-9-21(22)16-30)15-26-28(34)32(29(35)38-26)17-27(33)31-23-11-7-4-8-19(23)2/h4-15H,3,17-18H2,1-2H3,(H,31,33)/b26-15+. The molecule has 1 N–H and O–H groups in total. The van der Waals surface area contributed by atoms with E-state index in [1.807, 2.05) is 38.1 Å². The van der Waals surface area contributed by atoms with Gasteiger partial charge in [0.15, 0.2) is 11.5 Å². The topological polar surface area (TPSA) is 109 Å². The van der Waals surface area contributed by atoms with E-state index in [1.54, 1.807) is 48.5 Å². The molecule has 3 aromatic carbocycles. The molecule has 0 unspecified atom stereocenters. The highest BCUT2D eigenvalue weighted by Crippen LogP contribution is 2.35. The molecule has 192 valence electrons. The number of nitrogens with one attached hydrogen (secondary N) is 1. The summed E-state index contributed by atoms with van der Waals surface area (Å²) in [7, 11) is 0. The Morgan fingerprint density at radius 1 is 1.05 bits per heavy atom. The number of carbonyl (C=O) groups is 3. The molecule has 0 aliphatic carbocycles. The monoisotopic (exact) mass is 527 g/mol. The normalized spacial score (nSPS) is 13.9. The maximum atomic E-state index is 12.9. The Balaban J connectivity index is 1.47. The van der Waals surface area contributed by atoms with Crippen molar-refractivity contribution in [3.63, 3.8) is 0 Å². The molecule has 38 heavy (non-hydrogen) atoms. The summed E-state index contributed by atoms with van der Waals surface area (Å²) < 4.78 is 11.7. The molecule has 1 fully saturated rings. The van der Waals surface area contributed by atoms with Crippen molar-refractivity contribution in [1.29, 1.82) is 5.26 Å². The molecule has 1 heterocycles. The highest BCUT2D eigenvalue weighted by atomic mass is 32.2. The fourth-order valence-electron chi connectivity index (χ4n) is 3.75. The smallest absolute Gasteiger partial charge is 0.294 e. The van der Waals surface area contributed by atoms with Gasteiger partial charge in [0.05, 0.1) is 23.1 Å². The van der Waals surface area contributed by atoms with Crippen molar-refractivity contribution in [2.24, 2.45) is 0 Å². The quantitative estimate of drug-likeness (QED) is 0.365. The van der Waals surface area contributed by atoms with Gasteiger partial charge in [-0.2, -0.15) is 5.26 Å². The Kier molecular flexibility index (Phi) is 8.46. The SMILES string of the molecule is CCOc1cc(/C=C2/SC(=O)N(CC(=O)Nc3ccccc3C)C2=O)ccc1OCc1ccccc1C#N. The van der Waals surface area contributed by atoms with E-state index in [1.165, 1.54) is 0 Å². The van der Waals surface area contributed by atoms with Crippen LogP contribution in [0.5, 0.6) is 11.5 Å². The lowest BCUT2D eigenvalue weighted by atomic mass is 10.1. The Hall–Kier alpha value is -4.55. The van der Waals surface area contributed by atoms with E-state index < -0.39 is 17.1 Å². The zero-order valence-corrected chi connectivity index (χ0v) is 21.7. The van der Waals surface area contributed by atoms with Crippen LogP contribution in [-0.4, -0.2) is 35.1 Å². The number of nitriles is 1. The van der Waals surface area contributed by atoms with Gasteiger partial charge < -0.3 is 14.8 Å². The third kappa shape index (κ3) is 6.22. The molecule has 1 aliphatic rings. The van der Waals surface area contributed by atoms with Crippen LogP contribution in [0.4, 0.5) is 10.5 Å². The van der Waals surface area contributed by atoms with Crippen molar-refractivity contribution in [2.45, 2.75) is 20.5 Å². The Bertz CT molecular complexity index is 1460. The molecule has 0 radical (unpaired) electrons. The van der Waals surface area contributed by atoms with Crippen LogP contribution in [0.1, 0.15) is 29.2 Å². The van der Waals surface area contributed by atoms with Gasteiger partial charge in [-0.15, -0.1) is 0 Å². The number of benzene rings is 3. The first-order valence-electron chi connectivity index (χ1n) is 11.9. The lowest BCUT2D eigenvalue weighted by Gasteiger charge is -2.14. The first kappa shape index (κ1) is 26.5. The van der Waals surface area contributed by atoms with Crippen LogP contribution in [0.2, 0.25) is 0 Å². The maximum Gasteiger partial charge on any atom is 0.294 e. The van der Waals surface area contributed by atoms with Gasteiger partial charge in [-0.3, -0.25) is 19.3 Å². The van der Waals surface area contributed by atoms with Crippen LogP contribution < -0.4 is 14.8 Å². The molecule has 1 aliphatic heterocycles. The van der Waals surface area contributed by atoms with Crippen LogP contribution in [0.15, 0.2) is 71.6 Å². The second-order valence-corrected chi connectivity index (χ2v) is 9.32. The molecule has 0 aromatic heterocycles. The number of ether oxygens (including phenoxy) is 2. The molecule has 8 nitrogen and oxygen atoms in total. The molecular formula is C29H25N3O5S. The van der Waals surface area contributed by atoms with Gasteiger partial charge >= 0.3 is 0 Å². The van der Waals surface area contributed by atoms with E-state index in [0.29, 0.717) is 34.9 Å². The van der Waals surface area contributed by atoms with E-state index in [-0.39, 0.29) is 18.1 Å². The first-order chi connectivity index (χ1) is 18.4. The van der Waals surface area contributed by atoms with E-state index in [9.17, 15) is 19.6 Å². The molecule has 0 saturated carbocycles. The number of hydrogen-bond acceptors (Lipinski definition) is 7. The lowest BCUT2D eigenvalue weighted by Crippen LogP contribution is -2.36. The van der Waals surface area contributed by atoms with Crippen molar-refractivity contribution in [3.05, 3.63) is 93.9 Å². The summed E-state index contributed by atoms with van der Waals surface area (Å²) in [5.74, 6) is -0.0439. The number of hydrogen-bond donors (Lipinski definition) is 1. The number of amides is 3. The zero-order chi connectivity index (χ0) is 27.1. The van der Waals surface area contributed by atoms with E-state index >= 15 is 0 Å². The molecule has 4 rings (SSSR count). The summed E-state index contributed by atoms with van der Waals surface area (Å²) in [6.45, 7) is 3.90. The van der Waals surface area contributed by atoms with E-state index in [4.69, 9.17) is 9.47 Å². The number of carbonyl (C=O) groups excluding carboxylic acids is 3. The summed E-state index contributed by atoms with van der Waals surface area (Å²) in [6, 6.07) is 21.8. The average Bonchev–Trinajstić information content (AvgIpc) is 3.17. The maximum absolute atomic E-state index is 12.9. The van der Waals surface area contributed by atoms with Gasteiger partial charge in [-0.1, -0.05) is 42.5 Å². The minimum atomic E-state index is -0.536. The Morgan fingerprint density at radius 2 is 1.82 bits per heavy atom. The van der Waals surface area contributed by atoms with Gasteiger partial charge in [0.25, 0.3) is 11.1 Å². The molecule has 3 aromatic rings. The molecule has 9 heteroatoms. The second-order valence-electron chi connectivity index (χ2n) is 8.33. The van der Waals surface area contributed by atoms with E-state index in [0.717, 1.165) is 27.8 Å². The van der Waals surface area contributed by atoms with Gasteiger partial charge in [0.1, 0.15) is 13.2 Å². The van der Waals surface area contributed by atoms with Crippen molar-refractivity contribution < 1.29 is 23.9 Å². The third-order valence-electron chi connectivity index (χ3n) is 5.68. The largest absolute Gasteiger partial charge is 0.490 e.